The predicted molar refractivity (Wildman–Crippen MR) is 79.9 cm³/mol. The smallest absolute Gasteiger partial charge is 0.293 e. The van der Waals surface area contributed by atoms with Crippen LogP contribution in [0.15, 0.2) is 34.4 Å². The van der Waals surface area contributed by atoms with Crippen LogP contribution < -0.4 is 0 Å². The molecule has 0 aliphatic carbocycles. The standard InChI is InChI=1S/C12H15ClN4O5S/c1-22-14-17(19)8-12(18)15-6-7-16(9-15)23(20,21)11-4-2-10(13)3-5-11/h2-5H,6-9H2,1H3/b17-14-. The first kappa shape index (κ1) is 17.4. The van der Waals surface area contributed by atoms with E-state index in [0.717, 1.165) is 4.31 Å². The molecule has 126 valence electrons. The Labute approximate surface area is 138 Å². The highest BCUT2D eigenvalue weighted by molar-refractivity contribution is 7.89. The average molecular weight is 363 g/mol. The molecule has 0 unspecified atom stereocenters. The number of nitrogens with zero attached hydrogens (tertiary/aromatic N) is 4. The number of halogens is 1. The van der Waals surface area contributed by atoms with E-state index in [1.54, 1.807) is 0 Å². The molecule has 2 rings (SSSR count). The summed E-state index contributed by atoms with van der Waals surface area (Å²) in [6.07, 6.45) is 0. The van der Waals surface area contributed by atoms with E-state index in [4.69, 9.17) is 11.6 Å². The summed E-state index contributed by atoms with van der Waals surface area (Å²) in [7, 11) is -2.53. The van der Waals surface area contributed by atoms with Gasteiger partial charge in [0.2, 0.25) is 10.0 Å². The Morgan fingerprint density at radius 1 is 1.39 bits per heavy atom. The van der Waals surface area contributed by atoms with E-state index in [1.165, 1.54) is 36.3 Å². The van der Waals surface area contributed by atoms with Gasteiger partial charge in [0.25, 0.3) is 12.5 Å². The maximum atomic E-state index is 12.5. The molecule has 1 heterocycles. The number of sulfonamides is 1. The highest BCUT2D eigenvalue weighted by Gasteiger charge is 2.34. The van der Waals surface area contributed by atoms with Crippen molar-refractivity contribution >= 4 is 27.5 Å². The fourth-order valence-corrected chi connectivity index (χ4v) is 3.57. The molecule has 0 saturated carbocycles. The lowest BCUT2D eigenvalue weighted by atomic mass is 10.4. The quantitative estimate of drug-likeness (QED) is 0.434. The molecule has 0 radical (unpaired) electrons. The number of hydrogen-bond donors (Lipinski definition) is 0. The summed E-state index contributed by atoms with van der Waals surface area (Å²) in [6.45, 7) is -0.309. The molecular formula is C12H15ClN4O5S. The number of carbonyl (C=O) groups excluding carboxylic acids is 1. The first-order chi connectivity index (χ1) is 10.8. The van der Waals surface area contributed by atoms with Gasteiger partial charge in [-0.1, -0.05) is 11.6 Å². The van der Waals surface area contributed by atoms with E-state index in [2.05, 4.69) is 10.1 Å². The van der Waals surface area contributed by atoms with E-state index in [9.17, 15) is 18.4 Å². The number of carbonyl (C=O) groups is 1. The van der Waals surface area contributed by atoms with Crippen LogP contribution in [-0.4, -0.2) is 61.8 Å². The SMILES string of the molecule is CO/N=[N+](\[O-])CC(=O)N1CCN(S(=O)(=O)c2ccc(Cl)cc2)C1. The zero-order valence-corrected chi connectivity index (χ0v) is 13.8. The molecule has 1 aliphatic rings. The monoisotopic (exact) mass is 362 g/mol. The second-order valence-electron chi connectivity index (χ2n) is 4.71. The highest BCUT2D eigenvalue weighted by Crippen LogP contribution is 2.21. The van der Waals surface area contributed by atoms with Crippen molar-refractivity contribution in [2.24, 2.45) is 5.28 Å². The van der Waals surface area contributed by atoms with Crippen molar-refractivity contribution in [2.45, 2.75) is 4.90 Å². The minimum atomic E-state index is -3.72. The van der Waals surface area contributed by atoms with Gasteiger partial charge in [0.05, 0.1) is 11.6 Å². The first-order valence-corrected chi connectivity index (χ1v) is 8.38. The van der Waals surface area contributed by atoms with E-state index in [0.29, 0.717) is 5.02 Å². The number of hydroxylamine groups is 1. The van der Waals surface area contributed by atoms with Gasteiger partial charge in [0.1, 0.15) is 7.11 Å². The second-order valence-corrected chi connectivity index (χ2v) is 7.08. The summed E-state index contributed by atoms with van der Waals surface area (Å²) < 4.78 is 26.1. The van der Waals surface area contributed by atoms with Crippen LogP contribution in [0.3, 0.4) is 0 Å². The zero-order chi connectivity index (χ0) is 17.0. The highest BCUT2D eigenvalue weighted by atomic mass is 35.5. The summed E-state index contributed by atoms with van der Waals surface area (Å²) in [6, 6.07) is 5.77. The molecule has 1 aromatic carbocycles. The van der Waals surface area contributed by atoms with Gasteiger partial charge >= 0.3 is 0 Å². The molecule has 0 aromatic heterocycles. The number of hydrogen-bond acceptors (Lipinski definition) is 6. The minimum Gasteiger partial charge on any atom is -0.597 e. The minimum absolute atomic E-state index is 0.0935. The van der Waals surface area contributed by atoms with Crippen molar-refractivity contribution in [2.75, 3.05) is 33.4 Å². The van der Waals surface area contributed by atoms with Crippen LogP contribution in [0.2, 0.25) is 5.02 Å². The third-order valence-electron chi connectivity index (χ3n) is 3.20. The molecule has 1 fully saturated rings. The molecule has 23 heavy (non-hydrogen) atoms. The lowest BCUT2D eigenvalue weighted by Crippen LogP contribution is -2.37. The van der Waals surface area contributed by atoms with E-state index >= 15 is 0 Å². The Morgan fingerprint density at radius 2 is 2.04 bits per heavy atom. The van der Waals surface area contributed by atoms with Crippen LogP contribution in [-0.2, 0) is 19.7 Å². The Kier molecular flexibility index (Phi) is 5.39. The molecule has 1 saturated heterocycles. The topological polar surface area (TPSA) is 105 Å². The summed E-state index contributed by atoms with van der Waals surface area (Å²) >= 11 is 5.75. The van der Waals surface area contributed by atoms with Crippen molar-refractivity contribution in [3.63, 3.8) is 0 Å². The van der Waals surface area contributed by atoms with Crippen molar-refractivity contribution in [1.82, 2.24) is 9.21 Å². The molecule has 9 nitrogen and oxygen atoms in total. The van der Waals surface area contributed by atoms with E-state index in [1.807, 2.05) is 0 Å². The van der Waals surface area contributed by atoms with Crippen LogP contribution in [0.5, 0.6) is 0 Å². The number of amides is 1. The number of benzene rings is 1. The van der Waals surface area contributed by atoms with Gasteiger partial charge in [0.15, 0.2) is 5.28 Å². The Bertz CT molecular complexity index is 707. The summed E-state index contributed by atoms with van der Waals surface area (Å²) in [5.41, 5.74) is 0. The van der Waals surface area contributed by atoms with Crippen molar-refractivity contribution < 1.29 is 22.9 Å². The van der Waals surface area contributed by atoms with Crippen molar-refractivity contribution in [3.8, 4) is 0 Å². The summed E-state index contributed by atoms with van der Waals surface area (Å²) in [5, 5.41) is 14.7. The zero-order valence-electron chi connectivity index (χ0n) is 12.3. The van der Waals surface area contributed by atoms with Gasteiger partial charge < -0.3 is 14.9 Å². The van der Waals surface area contributed by atoms with Crippen LogP contribution in [0.25, 0.3) is 0 Å². The predicted octanol–water partition coefficient (Wildman–Crippen LogP) is 0.654. The van der Waals surface area contributed by atoms with Gasteiger partial charge in [-0.3, -0.25) is 4.79 Å². The fourth-order valence-electron chi connectivity index (χ4n) is 2.06. The van der Waals surface area contributed by atoms with Gasteiger partial charge in [-0.25, -0.2) is 8.42 Å². The molecule has 0 bridgehead atoms. The molecular weight excluding hydrogens is 348 g/mol. The van der Waals surface area contributed by atoms with Crippen molar-refractivity contribution in [3.05, 3.63) is 34.5 Å². The molecule has 1 amide bonds. The van der Waals surface area contributed by atoms with Crippen LogP contribution in [0.4, 0.5) is 0 Å². The molecule has 1 aromatic rings. The lowest BCUT2D eigenvalue weighted by Gasteiger charge is -2.17. The lowest BCUT2D eigenvalue weighted by molar-refractivity contribution is -0.547. The van der Waals surface area contributed by atoms with E-state index < -0.39 is 22.5 Å². The van der Waals surface area contributed by atoms with Crippen LogP contribution in [0, 0.1) is 5.21 Å². The normalized spacial score (nSPS) is 16.6. The van der Waals surface area contributed by atoms with Gasteiger partial charge in [-0.2, -0.15) is 4.31 Å². The van der Waals surface area contributed by atoms with Crippen LogP contribution in [0.1, 0.15) is 0 Å². The average Bonchev–Trinajstić information content (AvgIpc) is 2.98. The van der Waals surface area contributed by atoms with Gasteiger partial charge in [0, 0.05) is 18.1 Å². The maximum absolute atomic E-state index is 12.5. The van der Waals surface area contributed by atoms with Gasteiger partial charge in [-0.15, -0.1) is 0 Å². The fraction of sp³-hybridized carbons (Fsp3) is 0.417. The van der Waals surface area contributed by atoms with Gasteiger partial charge in [-0.05, 0) is 29.1 Å². The maximum Gasteiger partial charge on any atom is 0.293 e. The third kappa shape index (κ3) is 4.09. The molecule has 0 N–H and O–H groups in total. The Hall–Kier alpha value is -1.91. The molecule has 1 aliphatic heterocycles. The number of rotatable bonds is 5. The summed E-state index contributed by atoms with van der Waals surface area (Å²) in [5.74, 6) is -0.533. The largest absolute Gasteiger partial charge is 0.597 e. The Balaban J connectivity index is 2.05. The summed E-state index contributed by atoms with van der Waals surface area (Å²) in [4.78, 5) is 17.6. The second kappa shape index (κ2) is 7.11. The first-order valence-electron chi connectivity index (χ1n) is 6.57. The molecule has 11 heteroatoms. The van der Waals surface area contributed by atoms with E-state index in [-0.39, 0.29) is 29.5 Å². The third-order valence-corrected chi connectivity index (χ3v) is 5.29. The van der Waals surface area contributed by atoms with Crippen LogP contribution >= 0.6 is 11.6 Å². The van der Waals surface area contributed by atoms with Crippen molar-refractivity contribution in [1.29, 1.82) is 0 Å². The molecule has 0 spiro atoms. The molecule has 0 atom stereocenters. The Morgan fingerprint density at radius 3 is 2.65 bits per heavy atom.